The first kappa shape index (κ1) is 68.6. The highest BCUT2D eigenvalue weighted by Gasteiger charge is 2.18. The van der Waals surface area contributed by atoms with Gasteiger partial charge in [-0.25, -0.2) is 0 Å². The lowest BCUT2D eigenvalue weighted by Crippen LogP contribution is -2.45. The summed E-state index contributed by atoms with van der Waals surface area (Å²) in [4.78, 5) is 24.6. The van der Waals surface area contributed by atoms with E-state index in [2.05, 4.69) is 19.2 Å². The second kappa shape index (κ2) is 60.2. The summed E-state index contributed by atoms with van der Waals surface area (Å²) < 4.78 is 5.48. The molecule has 0 aromatic carbocycles. The van der Waals surface area contributed by atoms with Gasteiger partial charge in [0.2, 0.25) is 5.91 Å². The molecule has 0 aliphatic carbocycles. The third-order valence-electron chi connectivity index (χ3n) is 15.1. The number of rotatable bonds is 60. The van der Waals surface area contributed by atoms with Crippen molar-refractivity contribution in [3.63, 3.8) is 0 Å². The van der Waals surface area contributed by atoms with Crippen LogP contribution < -0.4 is 5.32 Å². The van der Waals surface area contributed by atoms with Crippen LogP contribution in [0, 0.1) is 0 Å². The van der Waals surface area contributed by atoms with Gasteiger partial charge in [0.25, 0.3) is 0 Å². The van der Waals surface area contributed by atoms with E-state index in [1.54, 1.807) is 6.08 Å². The van der Waals surface area contributed by atoms with E-state index in [4.69, 9.17) is 4.74 Å². The van der Waals surface area contributed by atoms with E-state index in [0.29, 0.717) is 19.4 Å². The number of nitrogens with one attached hydrogen (secondary N) is 1. The SMILES string of the molecule is CCCCCCCCCCCCCCCCCCCCCCCCC/C=C/C(O)C(CO)NC(=O)CCCCCCCCCCCCCOC(=O)CCCCCCCCCCCCCCCCCCC. The molecule has 1 amide bonds. The Labute approximate surface area is 438 Å². The Kier molecular flexibility index (Phi) is 59.0. The first-order chi connectivity index (χ1) is 34.5. The zero-order valence-corrected chi connectivity index (χ0v) is 47.5. The standard InChI is InChI=1S/C64H125NO5/c1-3-5-7-9-11-13-15-17-19-21-22-23-24-25-26-27-28-30-31-33-36-40-44-48-52-56-62(67)61(60-66)65-63(68)57-53-49-45-41-37-35-39-43-47-51-55-59-70-64(69)58-54-50-46-42-38-34-32-29-20-18-16-14-12-10-8-6-4-2/h52,56,61-62,66-67H,3-51,53-55,57-60H2,1-2H3,(H,65,68)/b56-52+. The van der Waals surface area contributed by atoms with E-state index in [0.717, 1.165) is 57.8 Å². The maximum Gasteiger partial charge on any atom is 0.305 e. The van der Waals surface area contributed by atoms with Crippen LogP contribution in [0.25, 0.3) is 0 Å². The van der Waals surface area contributed by atoms with E-state index in [-0.39, 0.29) is 18.5 Å². The molecule has 0 aromatic heterocycles. The van der Waals surface area contributed by atoms with Gasteiger partial charge in [-0.15, -0.1) is 0 Å². The van der Waals surface area contributed by atoms with E-state index < -0.39 is 12.1 Å². The van der Waals surface area contributed by atoms with Crippen LogP contribution in [-0.4, -0.2) is 47.4 Å². The smallest absolute Gasteiger partial charge is 0.305 e. The number of carbonyl (C=O) groups is 2. The van der Waals surface area contributed by atoms with Crippen molar-refractivity contribution in [2.75, 3.05) is 13.2 Å². The number of hydrogen-bond donors (Lipinski definition) is 3. The molecule has 0 saturated carbocycles. The Morgan fingerprint density at radius 3 is 0.971 bits per heavy atom. The van der Waals surface area contributed by atoms with Crippen LogP contribution in [0.5, 0.6) is 0 Å². The molecule has 0 fully saturated rings. The van der Waals surface area contributed by atoms with Gasteiger partial charge in [0, 0.05) is 12.8 Å². The summed E-state index contributed by atoms with van der Waals surface area (Å²) in [5.74, 6) is -0.0919. The average molecular weight is 989 g/mol. The van der Waals surface area contributed by atoms with Crippen LogP contribution in [0.15, 0.2) is 12.2 Å². The van der Waals surface area contributed by atoms with Gasteiger partial charge in [-0.2, -0.15) is 0 Å². The van der Waals surface area contributed by atoms with Gasteiger partial charge in [-0.3, -0.25) is 9.59 Å². The van der Waals surface area contributed by atoms with Crippen molar-refractivity contribution in [1.29, 1.82) is 0 Å². The topological polar surface area (TPSA) is 95.9 Å². The summed E-state index contributed by atoms with van der Waals surface area (Å²) in [6, 6.07) is -0.642. The zero-order valence-electron chi connectivity index (χ0n) is 47.5. The normalized spacial score (nSPS) is 12.6. The quantitative estimate of drug-likeness (QED) is 0.0321. The Morgan fingerprint density at radius 1 is 0.386 bits per heavy atom. The largest absolute Gasteiger partial charge is 0.466 e. The summed E-state index contributed by atoms with van der Waals surface area (Å²) >= 11 is 0. The van der Waals surface area contributed by atoms with E-state index in [1.807, 2.05) is 6.08 Å². The minimum absolute atomic E-state index is 0.0101. The van der Waals surface area contributed by atoms with Gasteiger partial charge in [0.15, 0.2) is 0 Å². The predicted molar refractivity (Wildman–Crippen MR) is 306 cm³/mol. The molecule has 6 heteroatoms. The molecule has 0 aliphatic rings. The number of aliphatic hydroxyl groups excluding tert-OH is 2. The second-order valence-corrected chi connectivity index (χ2v) is 22.1. The Hall–Kier alpha value is -1.40. The molecule has 0 aliphatic heterocycles. The molecule has 0 saturated heterocycles. The zero-order chi connectivity index (χ0) is 50.7. The molecule has 0 aromatic rings. The van der Waals surface area contributed by atoms with Crippen molar-refractivity contribution in [3.05, 3.63) is 12.2 Å². The minimum atomic E-state index is -0.857. The van der Waals surface area contributed by atoms with Crippen molar-refractivity contribution >= 4 is 11.9 Å². The molecule has 2 atom stereocenters. The van der Waals surface area contributed by atoms with E-state index in [9.17, 15) is 19.8 Å². The van der Waals surface area contributed by atoms with Crippen LogP contribution in [0.1, 0.15) is 361 Å². The fraction of sp³-hybridized carbons (Fsp3) is 0.938. The number of ether oxygens (including phenoxy) is 1. The number of amides is 1. The predicted octanol–water partition coefficient (Wildman–Crippen LogP) is 20.0. The highest BCUT2D eigenvalue weighted by Crippen LogP contribution is 2.18. The number of hydrogen-bond acceptors (Lipinski definition) is 5. The molecule has 0 radical (unpaired) electrons. The Balaban J connectivity index is 3.46. The third-order valence-corrected chi connectivity index (χ3v) is 15.1. The van der Waals surface area contributed by atoms with Crippen molar-refractivity contribution in [3.8, 4) is 0 Å². The van der Waals surface area contributed by atoms with Crippen molar-refractivity contribution in [2.45, 2.75) is 373 Å². The fourth-order valence-electron chi connectivity index (χ4n) is 10.2. The summed E-state index contributed by atoms with van der Waals surface area (Å²) in [6.07, 6.45) is 72.5. The lowest BCUT2D eigenvalue weighted by Gasteiger charge is -2.20. The number of carbonyl (C=O) groups excluding carboxylic acids is 2. The lowest BCUT2D eigenvalue weighted by atomic mass is 10.0. The number of aliphatic hydroxyl groups is 2. The molecule has 0 bridgehead atoms. The Bertz CT molecular complexity index is 1050. The van der Waals surface area contributed by atoms with Gasteiger partial charge < -0.3 is 20.3 Å². The summed E-state index contributed by atoms with van der Waals surface area (Å²) in [5, 5.41) is 23.2. The lowest BCUT2D eigenvalue weighted by molar-refractivity contribution is -0.143. The highest BCUT2D eigenvalue weighted by molar-refractivity contribution is 5.76. The molecule has 3 N–H and O–H groups in total. The van der Waals surface area contributed by atoms with Gasteiger partial charge in [0.1, 0.15) is 0 Å². The molecule has 6 nitrogen and oxygen atoms in total. The minimum Gasteiger partial charge on any atom is -0.466 e. The molecular weight excluding hydrogens is 863 g/mol. The number of unbranched alkanes of at least 4 members (excludes halogenated alkanes) is 49. The molecule has 2 unspecified atom stereocenters. The van der Waals surface area contributed by atoms with Crippen molar-refractivity contribution < 1.29 is 24.5 Å². The maximum absolute atomic E-state index is 12.5. The molecule has 70 heavy (non-hydrogen) atoms. The monoisotopic (exact) mass is 988 g/mol. The first-order valence-corrected chi connectivity index (χ1v) is 32.0. The van der Waals surface area contributed by atoms with Crippen LogP contribution in [0.2, 0.25) is 0 Å². The summed E-state index contributed by atoms with van der Waals surface area (Å²) in [7, 11) is 0. The molecule has 416 valence electrons. The summed E-state index contributed by atoms with van der Waals surface area (Å²) in [5.41, 5.74) is 0. The van der Waals surface area contributed by atoms with E-state index >= 15 is 0 Å². The average Bonchev–Trinajstić information content (AvgIpc) is 3.36. The van der Waals surface area contributed by atoms with Crippen LogP contribution in [0.4, 0.5) is 0 Å². The van der Waals surface area contributed by atoms with Crippen molar-refractivity contribution in [2.24, 2.45) is 0 Å². The maximum atomic E-state index is 12.5. The van der Waals surface area contributed by atoms with Gasteiger partial charge in [-0.1, -0.05) is 328 Å². The molecule has 0 spiro atoms. The molecule has 0 rings (SSSR count). The molecular formula is C64H125NO5. The van der Waals surface area contributed by atoms with Crippen molar-refractivity contribution in [1.82, 2.24) is 5.32 Å². The van der Waals surface area contributed by atoms with E-state index in [1.165, 1.54) is 276 Å². The van der Waals surface area contributed by atoms with Gasteiger partial charge in [0.05, 0.1) is 25.4 Å². The highest BCUT2D eigenvalue weighted by atomic mass is 16.5. The molecule has 0 heterocycles. The fourth-order valence-corrected chi connectivity index (χ4v) is 10.2. The first-order valence-electron chi connectivity index (χ1n) is 32.0. The number of allylic oxidation sites excluding steroid dienone is 1. The van der Waals surface area contributed by atoms with Crippen LogP contribution in [0.3, 0.4) is 0 Å². The summed E-state index contributed by atoms with van der Waals surface area (Å²) in [6.45, 7) is 4.90. The number of esters is 1. The van der Waals surface area contributed by atoms with Crippen LogP contribution in [-0.2, 0) is 14.3 Å². The second-order valence-electron chi connectivity index (χ2n) is 22.1. The third kappa shape index (κ3) is 55.9. The van der Waals surface area contributed by atoms with Gasteiger partial charge in [-0.05, 0) is 32.1 Å². The van der Waals surface area contributed by atoms with Gasteiger partial charge >= 0.3 is 5.97 Å². The van der Waals surface area contributed by atoms with Crippen LogP contribution >= 0.6 is 0 Å². The Morgan fingerprint density at radius 2 is 0.657 bits per heavy atom.